The number of hydrogen-bond donors (Lipinski definition) is 2. The Hall–Kier alpha value is -1.18. The van der Waals surface area contributed by atoms with Crippen LogP contribution in [0.1, 0.15) is 9.67 Å². The first-order valence-corrected chi connectivity index (χ1v) is 5.86. The standard InChI is InChI=1S/C9H14N4O2S/c1-12-2-4-13(5-3-12)11-9-10-6-7(16-9)8(14)15/h6H,2-5H2,1H3,(H,10,11)(H,14,15). The third-order valence-electron chi connectivity index (χ3n) is 2.47. The second-order valence-corrected chi connectivity index (χ2v) is 4.77. The molecule has 0 bridgehead atoms. The second-order valence-electron chi connectivity index (χ2n) is 3.74. The fourth-order valence-electron chi connectivity index (χ4n) is 1.48. The predicted molar refractivity (Wildman–Crippen MR) is 61.8 cm³/mol. The molecule has 0 amide bonds. The van der Waals surface area contributed by atoms with Crippen molar-refractivity contribution in [3.8, 4) is 0 Å². The van der Waals surface area contributed by atoms with E-state index in [2.05, 4.69) is 27.4 Å². The number of aromatic carboxylic acids is 1. The van der Waals surface area contributed by atoms with Gasteiger partial charge in [-0.15, -0.1) is 0 Å². The SMILES string of the molecule is CN1CCN(Nc2ncc(C(=O)O)s2)CC1. The molecule has 16 heavy (non-hydrogen) atoms. The maximum absolute atomic E-state index is 10.7. The van der Waals surface area contributed by atoms with Crippen molar-refractivity contribution in [3.05, 3.63) is 11.1 Å². The molecule has 1 aromatic rings. The van der Waals surface area contributed by atoms with Crippen molar-refractivity contribution in [1.82, 2.24) is 14.9 Å². The third-order valence-corrected chi connectivity index (χ3v) is 3.36. The van der Waals surface area contributed by atoms with Gasteiger partial charge in [-0.05, 0) is 7.05 Å². The molecular formula is C9H14N4O2S. The number of nitrogens with zero attached hydrogens (tertiary/aromatic N) is 3. The first-order valence-electron chi connectivity index (χ1n) is 5.04. The van der Waals surface area contributed by atoms with Crippen molar-refractivity contribution >= 4 is 22.4 Å². The normalized spacial score (nSPS) is 18.6. The summed E-state index contributed by atoms with van der Waals surface area (Å²) in [4.78, 5) is 17.2. The molecule has 0 atom stereocenters. The Bertz CT molecular complexity index is 373. The van der Waals surface area contributed by atoms with E-state index in [4.69, 9.17) is 5.11 Å². The maximum Gasteiger partial charge on any atom is 0.347 e. The van der Waals surface area contributed by atoms with Crippen molar-refractivity contribution in [2.45, 2.75) is 0 Å². The lowest BCUT2D eigenvalue weighted by atomic mass is 10.4. The van der Waals surface area contributed by atoms with E-state index in [1.165, 1.54) is 6.20 Å². The van der Waals surface area contributed by atoms with Crippen LogP contribution in [0.3, 0.4) is 0 Å². The van der Waals surface area contributed by atoms with Gasteiger partial charge >= 0.3 is 5.97 Å². The van der Waals surface area contributed by atoms with Gasteiger partial charge in [0.1, 0.15) is 4.88 Å². The summed E-state index contributed by atoms with van der Waals surface area (Å²) in [6.45, 7) is 3.84. The Balaban J connectivity index is 1.91. The highest BCUT2D eigenvalue weighted by atomic mass is 32.1. The number of piperazine rings is 1. The molecule has 1 saturated heterocycles. The van der Waals surface area contributed by atoms with Gasteiger partial charge in [0.25, 0.3) is 0 Å². The van der Waals surface area contributed by atoms with Gasteiger partial charge in [-0.2, -0.15) is 0 Å². The molecule has 0 aromatic carbocycles. The highest BCUT2D eigenvalue weighted by Crippen LogP contribution is 2.18. The third kappa shape index (κ3) is 2.69. The summed E-state index contributed by atoms with van der Waals surface area (Å²) in [6.07, 6.45) is 1.38. The van der Waals surface area contributed by atoms with E-state index < -0.39 is 5.97 Å². The molecule has 1 aliphatic heterocycles. The minimum absolute atomic E-state index is 0.261. The number of likely N-dealkylation sites (N-methyl/N-ethyl adjacent to an activating group) is 1. The van der Waals surface area contributed by atoms with Crippen LogP contribution in [0.15, 0.2) is 6.20 Å². The summed E-state index contributed by atoms with van der Waals surface area (Å²) in [5, 5.41) is 11.5. The van der Waals surface area contributed by atoms with Crippen molar-refractivity contribution < 1.29 is 9.90 Å². The second kappa shape index (κ2) is 4.77. The van der Waals surface area contributed by atoms with Crippen LogP contribution in [0.25, 0.3) is 0 Å². The Morgan fingerprint density at radius 3 is 2.75 bits per heavy atom. The number of nitrogens with one attached hydrogen (secondary N) is 1. The molecule has 7 heteroatoms. The Kier molecular flexibility index (Phi) is 3.37. The summed E-state index contributed by atoms with van der Waals surface area (Å²) in [6, 6.07) is 0. The number of carboxylic acids is 1. The summed E-state index contributed by atoms with van der Waals surface area (Å²) in [5.41, 5.74) is 3.13. The molecule has 1 fully saturated rings. The van der Waals surface area contributed by atoms with Crippen molar-refractivity contribution in [2.75, 3.05) is 38.7 Å². The van der Waals surface area contributed by atoms with E-state index in [1.54, 1.807) is 0 Å². The fraction of sp³-hybridized carbons (Fsp3) is 0.556. The van der Waals surface area contributed by atoms with Crippen LogP contribution in [0, 0.1) is 0 Å². The Morgan fingerprint density at radius 2 is 2.19 bits per heavy atom. The number of anilines is 1. The lowest BCUT2D eigenvalue weighted by Gasteiger charge is -2.32. The average Bonchev–Trinajstić information content (AvgIpc) is 2.70. The summed E-state index contributed by atoms with van der Waals surface area (Å²) in [7, 11) is 2.09. The average molecular weight is 242 g/mol. The first kappa shape index (κ1) is 11.3. The van der Waals surface area contributed by atoms with Gasteiger partial charge in [0.15, 0.2) is 5.13 Å². The van der Waals surface area contributed by atoms with Crippen LogP contribution < -0.4 is 5.43 Å². The Morgan fingerprint density at radius 1 is 1.50 bits per heavy atom. The van der Waals surface area contributed by atoms with E-state index in [0.29, 0.717) is 5.13 Å². The topological polar surface area (TPSA) is 68.7 Å². The molecule has 1 aliphatic rings. The van der Waals surface area contributed by atoms with Gasteiger partial charge in [-0.1, -0.05) is 11.3 Å². The van der Waals surface area contributed by atoms with Crippen LogP contribution in [-0.4, -0.2) is 59.2 Å². The van der Waals surface area contributed by atoms with Gasteiger partial charge in [0.05, 0.1) is 6.20 Å². The minimum atomic E-state index is -0.927. The maximum atomic E-state index is 10.7. The zero-order valence-electron chi connectivity index (χ0n) is 9.01. The molecule has 1 aromatic heterocycles. The molecule has 0 saturated carbocycles. The number of rotatable bonds is 3. The van der Waals surface area contributed by atoms with Crippen molar-refractivity contribution in [3.63, 3.8) is 0 Å². The van der Waals surface area contributed by atoms with Crippen LogP contribution in [0.4, 0.5) is 5.13 Å². The largest absolute Gasteiger partial charge is 0.477 e. The lowest BCUT2D eigenvalue weighted by Crippen LogP contribution is -2.46. The number of carbonyl (C=O) groups is 1. The molecule has 88 valence electrons. The molecule has 0 unspecified atom stereocenters. The smallest absolute Gasteiger partial charge is 0.347 e. The molecule has 2 heterocycles. The molecule has 0 radical (unpaired) electrons. The van der Waals surface area contributed by atoms with Gasteiger partial charge in [-0.3, -0.25) is 5.43 Å². The summed E-state index contributed by atoms with van der Waals surface area (Å²) in [5.74, 6) is -0.927. The predicted octanol–water partition coefficient (Wildman–Crippen LogP) is 0.416. The highest BCUT2D eigenvalue weighted by molar-refractivity contribution is 7.17. The molecular weight excluding hydrogens is 228 g/mol. The fourth-order valence-corrected chi connectivity index (χ4v) is 2.16. The number of aromatic nitrogens is 1. The van der Waals surface area contributed by atoms with Crippen LogP contribution >= 0.6 is 11.3 Å². The number of hydrogen-bond acceptors (Lipinski definition) is 6. The quantitative estimate of drug-likeness (QED) is 0.800. The van der Waals surface area contributed by atoms with Crippen LogP contribution in [-0.2, 0) is 0 Å². The van der Waals surface area contributed by atoms with E-state index in [9.17, 15) is 4.79 Å². The number of carboxylic acid groups (broad SMARTS) is 1. The van der Waals surface area contributed by atoms with Gasteiger partial charge in [0.2, 0.25) is 0 Å². The zero-order chi connectivity index (χ0) is 11.5. The van der Waals surface area contributed by atoms with Gasteiger partial charge in [-0.25, -0.2) is 14.8 Å². The van der Waals surface area contributed by atoms with Gasteiger partial charge in [0, 0.05) is 26.2 Å². The van der Waals surface area contributed by atoms with Crippen molar-refractivity contribution in [2.24, 2.45) is 0 Å². The first-order chi connectivity index (χ1) is 7.65. The summed E-state index contributed by atoms with van der Waals surface area (Å²) < 4.78 is 0. The van der Waals surface area contributed by atoms with E-state index in [-0.39, 0.29) is 4.88 Å². The zero-order valence-corrected chi connectivity index (χ0v) is 9.83. The van der Waals surface area contributed by atoms with Crippen molar-refractivity contribution in [1.29, 1.82) is 0 Å². The number of thiazole rings is 1. The van der Waals surface area contributed by atoms with Gasteiger partial charge < -0.3 is 10.0 Å². The molecule has 0 spiro atoms. The molecule has 2 rings (SSSR count). The van der Waals surface area contributed by atoms with Crippen LogP contribution in [0.5, 0.6) is 0 Å². The van der Waals surface area contributed by atoms with E-state index >= 15 is 0 Å². The lowest BCUT2D eigenvalue weighted by molar-refractivity contribution is 0.0702. The van der Waals surface area contributed by atoms with Crippen LogP contribution in [0.2, 0.25) is 0 Å². The highest BCUT2D eigenvalue weighted by Gasteiger charge is 2.15. The molecule has 2 N–H and O–H groups in total. The minimum Gasteiger partial charge on any atom is -0.477 e. The van der Waals surface area contributed by atoms with E-state index in [0.717, 1.165) is 37.5 Å². The monoisotopic (exact) mass is 242 g/mol. The molecule has 0 aliphatic carbocycles. The van der Waals surface area contributed by atoms with E-state index in [1.807, 2.05) is 0 Å². The number of hydrazine groups is 1. The summed E-state index contributed by atoms with van der Waals surface area (Å²) >= 11 is 1.16. The Labute approximate surface area is 97.5 Å². The molecule has 6 nitrogen and oxygen atoms in total.